The molecule has 2 atom stereocenters. The zero-order valence-corrected chi connectivity index (χ0v) is 42.6. The Morgan fingerprint density at radius 1 is 0.869 bits per heavy atom. The van der Waals surface area contributed by atoms with Crippen LogP contribution in [0.15, 0.2) is 138 Å². The normalized spacial score (nSPS) is 13.0. The Labute approximate surface area is 379 Å². The second-order valence-corrected chi connectivity index (χ2v) is 17.5. The van der Waals surface area contributed by atoms with Crippen molar-refractivity contribution in [2.45, 2.75) is 187 Å². The summed E-state index contributed by atoms with van der Waals surface area (Å²) in [5.41, 5.74) is 11.9. The first kappa shape index (κ1) is 63.3. The molecule has 1 fully saturated rings. The number of aryl methyl sites for hydroxylation is 1. The number of hydrogen-bond donors (Lipinski definition) is 2. The Morgan fingerprint density at radius 3 is 1.69 bits per heavy atom. The number of nitrogens with zero attached hydrogens (tertiary/aromatic N) is 1. The lowest BCUT2D eigenvalue weighted by molar-refractivity contribution is -0.107. The summed E-state index contributed by atoms with van der Waals surface area (Å²) in [5.74, 6) is 2.37. The summed E-state index contributed by atoms with van der Waals surface area (Å²) in [6.45, 7) is 48.7. The highest BCUT2D eigenvalue weighted by atomic mass is 16.1. The first-order valence-electron chi connectivity index (χ1n) is 23.1. The minimum atomic E-state index is -0.0509. The molecule has 0 bridgehead atoms. The smallest absolute Gasteiger partial charge is 0.125 e. The molecule has 1 aliphatic carbocycles. The van der Waals surface area contributed by atoms with Crippen LogP contribution in [0.2, 0.25) is 0 Å². The van der Waals surface area contributed by atoms with E-state index in [0.717, 1.165) is 48.7 Å². The molecule has 4 heteroatoms. The minimum Gasteiger partial charge on any atom is -0.373 e. The van der Waals surface area contributed by atoms with Crippen LogP contribution in [0.4, 0.5) is 0 Å². The van der Waals surface area contributed by atoms with Crippen LogP contribution in [0.1, 0.15) is 186 Å². The van der Waals surface area contributed by atoms with Crippen LogP contribution in [0.25, 0.3) is 0 Å². The molecule has 344 valence electrons. The summed E-state index contributed by atoms with van der Waals surface area (Å²) in [4.78, 5) is 13.5. The van der Waals surface area contributed by atoms with E-state index in [-0.39, 0.29) is 11.5 Å². The Balaban J connectivity index is -0.000000387. The number of carbonyl (C=O) groups is 1. The van der Waals surface area contributed by atoms with Crippen molar-refractivity contribution < 1.29 is 4.79 Å². The third-order valence-corrected chi connectivity index (χ3v) is 9.01. The van der Waals surface area contributed by atoms with Gasteiger partial charge in [0.2, 0.25) is 0 Å². The van der Waals surface area contributed by atoms with Gasteiger partial charge in [-0.15, -0.1) is 11.5 Å². The van der Waals surface area contributed by atoms with Crippen molar-refractivity contribution in [2.24, 2.45) is 21.7 Å². The zero-order chi connectivity index (χ0) is 47.7. The van der Waals surface area contributed by atoms with Crippen molar-refractivity contribution in [3.8, 4) is 0 Å². The molecule has 3 rings (SSSR count). The number of benzene rings is 2. The van der Waals surface area contributed by atoms with E-state index in [1.165, 1.54) is 55.2 Å². The molecule has 1 aliphatic rings. The van der Waals surface area contributed by atoms with Gasteiger partial charge in [-0.3, -0.25) is 0 Å². The van der Waals surface area contributed by atoms with Crippen LogP contribution in [-0.4, -0.2) is 18.5 Å². The van der Waals surface area contributed by atoms with Crippen molar-refractivity contribution in [3.05, 3.63) is 145 Å². The Hall–Kier alpha value is -4.36. The second kappa shape index (κ2) is 41.0. The lowest BCUT2D eigenvalue weighted by Gasteiger charge is -2.29. The zero-order valence-electron chi connectivity index (χ0n) is 42.6. The molecule has 0 heterocycles. The van der Waals surface area contributed by atoms with E-state index in [4.69, 9.17) is 0 Å². The lowest BCUT2D eigenvalue weighted by Crippen LogP contribution is -2.38. The van der Waals surface area contributed by atoms with Gasteiger partial charge < -0.3 is 15.4 Å². The predicted molar refractivity (Wildman–Crippen MR) is 277 cm³/mol. The van der Waals surface area contributed by atoms with Crippen molar-refractivity contribution in [3.63, 3.8) is 0 Å². The van der Waals surface area contributed by atoms with Crippen LogP contribution in [0.5, 0.6) is 0 Å². The predicted octanol–water partition coefficient (Wildman–Crippen LogP) is 17.1. The van der Waals surface area contributed by atoms with Gasteiger partial charge in [0.15, 0.2) is 0 Å². The van der Waals surface area contributed by atoms with E-state index in [1.807, 2.05) is 53.7 Å². The number of carbonyl (C=O) groups excluding carboxylic acids is 1. The van der Waals surface area contributed by atoms with Gasteiger partial charge in [0.25, 0.3) is 0 Å². The van der Waals surface area contributed by atoms with Gasteiger partial charge in [-0.25, -0.2) is 4.99 Å². The van der Waals surface area contributed by atoms with Gasteiger partial charge in [-0.2, -0.15) is 0 Å². The summed E-state index contributed by atoms with van der Waals surface area (Å²) in [5, 5.41) is 6.95. The highest BCUT2D eigenvalue weighted by Gasteiger charge is 2.22. The average molecular weight is 838 g/mol. The van der Waals surface area contributed by atoms with Crippen molar-refractivity contribution in [2.75, 3.05) is 0 Å². The number of allylic oxidation sites excluding steroid dienone is 4. The Kier molecular flexibility index (Phi) is 42.5. The number of aliphatic imine (C=N–C) groups is 1. The molecular weight excluding hydrogens is 743 g/mol. The third kappa shape index (κ3) is 40.8. The molecule has 0 aliphatic heterocycles. The summed E-state index contributed by atoms with van der Waals surface area (Å²) in [6, 6.07) is 21.1. The monoisotopic (exact) mass is 838 g/mol. The van der Waals surface area contributed by atoms with Crippen LogP contribution in [-0.2, 0) is 11.2 Å². The summed E-state index contributed by atoms with van der Waals surface area (Å²) < 4.78 is 0. The highest BCUT2D eigenvalue weighted by Crippen LogP contribution is 2.26. The molecule has 1 saturated carbocycles. The van der Waals surface area contributed by atoms with E-state index in [0.29, 0.717) is 17.8 Å². The summed E-state index contributed by atoms with van der Waals surface area (Å²) >= 11 is 0. The van der Waals surface area contributed by atoms with Crippen molar-refractivity contribution in [1.82, 2.24) is 10.6 Å². The number of aldehydes is 1. The summed E-state index contributed by atoms with van der Waals surface area (Å²) in [7, 11) is 0. The molecule has 61 heavy (non-hydrogen) atoms. The first-order chi connectivity index (χ1) is 28.8. The fourth-order valence-corrected chi connectivity index (χ4v) is 5.39. The topological polar surface area (TPSA) is 53.5 Å². The molecule has 2 unspecified atom stereocenters. The fraction of sp³-hybridized carbons (Fsp3) is 0.544. The number of rotatable bonds is 14. The Bertz CT molecular complexity index is 1510. The molecule has 2 aromatic carbocycles. The van der Waals surface area contributed by atoms with Gasteiger partial charge >= 0.3 is 0 Å². The number of nitrogens with one attached hydrogen (secondary N) is 2. The van der Waals surface area contributed by atoms with E-state index in [1.54, 1.807) is 12.3 Å². The SMILES string of the molecule is C=C(C)C(C)c1ccccc1.C=C=C(NC(CCCc1ccccc1)C(=C)NC(=C/C)/N=C\C)C(C)(C)C.C=C=CC.CC.CC(C)(C)C.CCC1CCCCC1.CCC=O. The van der Waals surface area contributed by atoms with Gasteiger partial charge in [-0.1, -0.05) is 214 Å². The standard InChI is InChI=1S/C24H35N3.C11H14.C8H16.C5H12.C4H6.C3H6O.C2H6/c1-8-22(24(5,6)7)27-21(19(4)26-23(9-2)25-10-3)18-14-17-20-15-12-11-13-16-20;1-9(2)10(3)11-7-5-4-6-8-11;1-2-8-6-4-3-5-7-8;1-5(2,3)4;1-3-4-2;1-2-3-4;1-2/h9-13,15-16,21,26-27H,1,4,14,17-18H2,2-3,5-7H3;4-8,10H,1H2,2-3H3;8H,2-7H2,1H3;1-4H3;4H,1H2,2H3;3H,2H2,1H3;1-2H3/b23-9+,25-10-;;;;;;. The molecule has 0 spiro atoms. The molecule has 4 nitrogen and oxygen atoms in total. The van der Waals surface area contributed by atoms with Gasteiger partial charge in [-0.05, 0) is 81.6 Å². The average Bonchev–Trinajstić information content (AvgIpc) is 3.25. The maximum absolute atomic E-state index is 9.17. The molecule has 0 aromatic heterocycles. The first-order valence-corrected chi connectivity index (χ1v) is 23.1. The fourth-order valence-electron chi connectivity index (χ4n) is 5.39. The maximum Gasteiger partial charge on any atom is 0.125 e. The molecular formula is C57H95N3O. The largest absolute Gasteiger partial charge is 0.373 e. The van der Waals surface area contributed by atoms with Gasteiger partial charge in [0, 0.05) is 29.7 Å². The van der Waals surface area contributed by atoms with Crippen LogP contribution >= 0.6 is 0 Å². The summed E-state index contributed by atoms with van der Waals surface area (Å²) in [6.07, 6.45) is 19.0. The minimum absolute atomic E-state index is 0.0509. The highest BCUT2D eigenvalue weighted by molar-refractivity contribution is 5.55. The van der Waals surface area contributed by atoms with E-state index in [9.17, 15) is 4.79 Å². The van der Waals surface area contributed by atoms with Gasteiger partial charge in [0.05, 0.1) is 11.7 Å². The second-order valence-electron chi connectivity index (χ2n) is 17.5. The molecule has 0 radical (unpaired) electrons. The number of hydrogen-bond acceptors (Lipinski definition) is 4. The molecule has 0 amide bonds. The quantitative estimate of drug-likeness (QED) is 0.0862. The molecule has 2 N–H and O–H groups in total. The molecule has 0 saturated heterocycles. The van der Waals surface area contributed by atoms with Crippen LogP contribution in [0, 0.1) is 16.7 Å². The lowest BCUT2D eigenvalue weighted by atomic mass is 9.88. The van der Waals surface area contributed by atoms with Crippen molar-refractivity contribution >= 4 is 12.5 Å². The van der Waals surface area contributed by atoms with Crippen LogP contribution < -0.4 is 10.6 Å². The molecule has 2 aromatic rings. The van der Waals surface area contributed by atoms with Crippen LogP contribution in [0.3, 0.4) is 0 Å². The Morgan fingerprint density at radius 2 is 1.34 bits per heavy atom. The van der Waals surface area contributed by atoms with Gasteiger partial charge in [0.1, 0.15) is 12.1 Å². The van der Waals surface area contributed by atoms with E-state index in [2.05, 4.69) is 177 Å². The van der Waals surface area contributed by atoms with E-state index < -0.39 is 0 Å². The third-order valence-electron chi connectivity index (χ3n) is 9.01. The maximum atomic E-state index is 9.17. The van der Waals surface area contributed by atoms with E-state index >= 15 is 0 Å². The van der Waals surface area contributed by atoms with Crippen molar-refractivity contribution in [1.29, 1.82) is 0 Å².